The summed E-state index contributed by atoms with van der Waals surface area (Å²) < 4.78 is 0. The largest absolute Gasteiger partial charge is 0.297 e. The molecule has 0 aliphatic heterocycles. The summed E-state index contributed by atoms with van der Waals surface area (Å²) in [7, 11) is 0. The molecule has 0 fully saturated rings. The first-order valence-corrected chi connectivity index (χ1v) is 5.73. The van der Waals surface area contributed by atoms with Gasteiger partial charge in [0, 0.05) is 10.9 Å². The van der Waals surface area contributed by atoms with Gasteiger partial charge in [0.05, 0.1) is 9.75 Å². The molecule has 0 bridgehead atoms. The molecule has 1 nitrogen and oxygen atoms in total. The molecule has 0 N–H and O–H groups in total. The zero-order chi connectivity index (χ0) is 9.80. The van der Waals surface area contributed by atoms with Gasteiger partial charge in [-0.2, -0.15) is 11.3 Å². The molecule has 0 radical (unpaired) electrons. The number of carbonyl (C=O) groups excluding carboxylic acids is 1. The molecule has 0 saturated carbocycles. The van der Waals surface area contributed by atoms with E-state index in [1.165, 1.54) is 11.3 Å². The molecule has 2 heterocycles. The van der Waals surface area contributed by atoms with E-state index in [-0.39, 0.29) is 0 Å². The van der Waals surface area contributed by atoms with Crippen LogP contribution in [0.2, 0.25) is 0 Å². The second-order valence-electron chi connectivity index (χ2n) is 2.58. The van der Waals surface area contributed by atoms with Crippen LogP contribution in [-0.2, 0) is 0 Å². The Kier molecular flexibility index (Phi) is 2.78. The molecular weight excluding hydrogens is 212 g/mol. The second kappa shape index (κ2) is 4.23. The van der Waals surface area contributed by atoms with Crippen molar-refractivity contribution in [1.82, 2.24) is 0 Å². The van der Waals surface area contributed by atoms with Crippen molar-refractivity contribution in [1.29, 1.82) is 0 Å². The van der Waals surface area contributed by atoms with Crippen LogP contribution in [0.5, 0.6) is 0 Å². The third kappa shape index (κ3) is 2.11. The van der Waals surface area contributed by atoms with Crippen molar-refractivity contribution in [3.63, 3.8) is 0 Å². The summed E-state index contributed by atoms with van der Waals surface area (Å²) in [5.41, 5.74) is 1.02. The van der Waals surface area contributed by atoms with E-state index in [0.29, 0.717) is 0 Å². The van der Waals surface area contributed by atoms with E-state index in [9.17, 15) is 4.79 Å². The number of hydrogen-bond acceptors (Lipinski definition) is 3. The fourth-order valence-electron chi connectivity index (χ4n) is 0.953. The minimum atomic E-state index is 0.722. The second-order valence-corrected chi connectivity index (χ2v) is 4.48. The molecule has 0 aliphatic rings. The SMILES string of the molecule is O=Cc1ccc(C#Cc2ccsc2)s1. The summed E-state index contributed by atoms with van der Waals surface area (Å²) in [5, 5.41) is 4.00. The van der Waals surface area contributed by atoms with Crippen molar-refractivity contribution >= 4 is 29.0 Å². The first kappa shape index (κ1) is 9.20. The predicted octanol–water partition coefficient (Wildman–Crippen LogP) is 3.02. The van der Waals surface area contributed by atoms with E-state index in [1.807, 2.05) is 22.9 Å². The minimum absolute atomic E-state index is 0.722. The molecule has 2 aromatic rings. The molecule has 0 aliphatic carbocycles. The highest BCUT2D eigenvalue weighted by atomic mass is 32.1. The maximum Gasteiger partial charge on any atom is 0.160 e. The minimum Gasteiger partial charge on any atom is -0.297 e. The van der Waals surface area contributed by atoms with Gasteiger partial charge in [0.25, 0.3) is 0 Å². The Balaban J connectivity index is 2.21. The van der Waals surface area contributed by atoms with Crippen LogP contribution in [0.25, 0.3) is 0 Å². The Bertz CT molecular complexity index is 483. The lowest BCUT2D eigenvalue weighted by molar-refractivity contribution is 0.112. The van der Waals surface area contributed by atoms with Gasteiger partial charge in [-0.1, -0.05) is 11.8 Å². The van der Waals surface area contributed by atoms with Gasteiger partial charge in [0.1, 0.15) is 0 Å². The van der Waals surface area contributed by atoms with Crippen LogP contribution >= 0.6 is 22.7 Å². The van der Waals surface area contributed by atoms with Crippen molar-refractivity contribution in [2.24, 2.45) is 0 Å². The van der Waals surface area contributed by atoms with Crippen molar-refractivity contribution < 1.29 is 4.79 Å². The number of carbonyl (C=O) groups is 1. The van der Waals surface area contributed by atoms with Gasteiger partial charge in [-0.25, -0.2) is 0 Å². The Morgan fingerprint density at radius 1 is 1.21 bits per heavy atom. The first-order chi connectivity index (χ1) is 6.88. The van der Waals surface area contributed by atoms with Crippen LogP contribution in [0.1, 0.15) is 20.1 Å². The van der Waals surface area contributed by atoms with Gasteiger partial charge >= 0.3 is 0 Å². The molecule has 0 aromatic carbocycles. The molecule has 0 spiro atoms. The van der Waals surface area contributed by atoms with Crippen LogP contribution in [0.3, 0.4) is 0 Å². The molecule has 3 heteroatoms. The summed E-state index contributed by atoms with van der Waals surface area (Å²) in [6, 6.07) is 5.63. The molecule has 0 unspecified atom stereocenters. The molecule has 2 aromatic heterocycles. The van der Waals surface area contributed by atoms with Crippen LogP contribution in [0.4, 0.5) is 0 Å². The van der Waals surface area contributed by atoms with Crippen LogP contribution < -0.4 is 0 Å². The lowest BCUT2D eigenvalue weighted by atomic mass is 10.3. The topological polar surface area (TPSA) is 17.1 Å². The molecule has 0 amide bonds. The lowest BCUT2D eigenvalue weighted by Gasteiger charge is -1.77. The maximum absolute atomic E-state index is 10.4. The zero-order valence-corrected chi connectivity index (χ0v) is 8.82. The van der Waals surface area contributed by atoms with E-state index < -0.39 is 0 Å². The standard InChI is InChI=1S/C11H6OS2/c12-7-11-4-3-10(14-11)2-1-9-5-6-13-8-9/h3-8H. The van der Waals surface area contributed by atoms with Gasteiger partial charge < -0.3 is 0 Å². The highest BCUT2D eigenvalue weighted by molar-refractivity contribution is 7.14. The molecule has 0 atom stereocenters. The third-order valence-electron chi connectivity index (χ3n) is 1.59. The van der Waals surface area contributed by atoms with Gasteiger partial charge in [0.15, 0.2) is 6.29 Å². The van der Waals surface area contributed by atoms with Gasteiger partial charge in [-0.05, 0) is 23.6 Å². The summed E-state index contributed by atoms with van der Waals surface area (Å²) in [5.74, 6) is 6.05. The normalized spacial score (nSPS) is 9.14. The lowest BCUT2D eigenvalue weighted by Crippen LogP contribution is -1.64. The van der Waals surface area contributed by atoms with Crippen LogP contribution in [0, 0.1) is 11.8 Å². The van der Waals surface area contributed by atoms with Gasteiger partial charge in [-0.3, -0.25) is 4.79 Å². The quantitative estimate of drug-likeness (QED) is 0.531. The number of hydrogen-bond donors (Lipinski definition) is 0. The van der Waals surface area contributed by atoms with Gasteiger partial charge in [0.2, 0.25) is 0 Å². The van der Waals surface area contributed by atoms with E-state index >= 15 is 0 Å². The number of rotatable bonds is 1. The Labute approximate surface area is 90.0 Å². The monoisotopic (exact) mass is 218 g/mol. The average molecular weight is 218 g/mol. The van der Waals surface area contributed by atoms with Crippen molar-refractivity contribution in [3.8, 4) is 11.8 Å². The fourth-order valence-corrected chi connectivity index (χ4v) is 2.22. The van der Waals surface area contributed by atoms with Crippen LogP contribution in [-0.4, -0.2) is 6.29 Å². The number of thiophene rings is 2. The first-order valence-electron chi connectivity index (χ1n) is 3.98. The summed E-state index contributed by atoms with van der Waals surface area (Å²) >= 11 is 3.05. The molecule has 68 valence electrons. The summed E-state index contributed by atoms with van der Waals surface area (Å²) in [6.45, 7) is 0. The number of aldehydes is 1. The fraction of sp³-hybridized carbons (Fsp3) is 0. The zero-order valence-electron chi connectivity index (χ0n) is 7.19. The molecule has 2 rings (SSSR count). The van der Waals surface area contributed by atoms with Crippen LogP contribution in [0.15, 0.2) is 29.0 Å². The Morgan fingerprint density at radius 2 is 2.14 bits per heavy atom. The Hall–Kier alpha value is -1.37. The Morgan fingerprint density at radius 3 is 2.79 bits per heavy atom. The molecule has 0 saturated heterocycles. The highest BCUT2D eigenvalue weighted by Gasteiger charge is 1.94. The van der Waals surface area contributed by atoms with Crippen molar-refractivity contribution in [3.05, 3.63) is 44.3 Å². The summed E-state index contributed by atoms with van der Waals surface area (Å²) in [4.78, 5) is 12.1. The van der Waals surface area contributed by atoms with Gasteiger partial charge in [-0.15, -0.1) is 11.3 Å². The maximum atomic E-state index is 10.4. The highest BCUT2D eigenvalue weighted by Crippen LogP contribution is 2.13. The predicted molar refractivity (Wildman–Crippen MR) is 60.0 cm³/mol. The third-order valence-corrected chi connectivity index (χ3v) is 3.20. The van der Waals surface area contributed by atoms with E-state index in [2.05, 4.69) is 11.8 Å². The van der Waals surface area contributed by atoms with E-state index in [4.69, 9.17) is 0 Å². The molecule has 14 heavy (non-hydrogen) atoms. The smallest absolute Gasteiger partial charge is 0.160 e. The van der Waals surface area contributed by atoms with E-state index in [1.54, 1.807) is 17.4 Å². The molecular formula is C11H6OS2. The van der Waals surface area contributed by atoms with Crippen molar-refractivity contribution in [2.45, 2.75) is 0 Å². The average Bonchev–Trinajstić information content (AvgIpc) is 2.86. The van der Waals surface area contributed by atoms with Crippen molar-refractivity contribution in [2.75, 3.05) is 0 Å². The summed E-state index contributed by atoms with van der Waals surface area (Å²) in [6.07, 6.45) is 0.848. The van der Waals surface area contributed by atoms with E-state index in [0.717, 1.165) is 21.6 Å².